The maximum Gasteiger partial charge on any atom is 0.416 e. The lowest BCUT2D eigenvalue weighted by Crippen LogP contribution is -2.11. The lowest BCUT2D eigenvalue weighted by molar-refractivity contribution is -0.144. The molecule has 0 saturated heterocycles. The van der Waals surface area contributed by atoms with E-state index in [4.69, 9.17) is 0 Å². The van der Waals surface area contributed by atoms with Gasteiger partial charge < -0.3 is 4.74 Å². The molecule has 0 N–H and O–H groups in total. The van der Waals surface area contributed by atoms with Crippen molar-refractivity contribution in [1.82, 2.24) is 0 Å². The van der Waals surface area contributed by atoms with Crippen molar-refractivity contribution in [3.8, 4) is 0 Å². The fraction of sp³-hybridized carbons (Fsp3) is 0.417. The second-order valence-electron chi connectivity index (χ2n) is 3.60. The number of halogens is 4. The smallest absolute Gasteiger partial charge is 0.416 e. The molecule has 0 amide bonds. The van der Waals surface area contributed by atoms with Crippen LogP contribution in [0, 0.1) is 0 Å². The molecule has 18 heavy (non-hydrogen) atoms. The van der Waals surface area contributed by atoms with Gasteiger partial charge in [0.1, 0.15) is 0 Å². The molecule has 0 radical (unpaired) electrons. The Morgan fingerprint density at radius 3 is 2.61 bits per heavy atom. The molecule has 2 nitrogen and oxygen atoms in total. The van der Waals surface area contributed by atoms with Gasteiger partial charge >= 0.3 is 12.1 Å². The number of hydrogen-bond acceptors (Lipinski definition) is 2. The average Bonchev–Trinajstić information content (AvgIpc) is 2.26. The highest BCUT2D eigenvalue weighted by atomic mass is 79.9. The first kappa shape index (κ1) is 15.0. The fourth-order valence-electron chi connectivity index (χ4n) is 1.50. The molecule has 6 heteroatoms. The number of rotatable bonds is 4. The van der Waals surface area contributed by atoms with Crippen molar-refractivity contribution < 1.29 is 22.7 Å². The lowest BCUT2D eigenvalue weighted by atomic mass is 10.0. The molecule has 0 aromatic heterocycles. The van der Waals surface area contributed by atoms with Crippen LogP contribution in [0.2, 0.25) is 0 Å². The molecular weight excluding hydrogens is 313 g/mol. The van der Waals surface area contributed by atoms with Gasteiger partial charge in [-0.25, -0.2) is 0 Å². The van der Waals surface area contributed by atoms with Gasteiger partial charge in [-0.1, -0.05) is 22.0 Å². The zero-order chi connectivity index (χ0) is 13.8. The van der Waals surface area contributed by atoms with Crippen molar-refractivity contribution in [3.63, 3.8) is 0 Å². The maximum atomic E-state index is 12.8. The highest BCUT2D eigenvalue weighted by Crippen LogP contribution is 2.34. The summed E-state index contributed by atoms with van der Waals surface area (Å²) in [4.78, 5) is 11.1. The monoisotopic (exact) mass is 324 g/mol. The van der Waals surface area contributed by atoms with Crippen molar-refractivity contribution in [2.45, 2.75) is 25.9 Å². The van der Waals surface area contributed by atoms with Crippen LogP contribution < -0.4 is 0 Å². The maximum absolute atomic E-state index is 12.8. The van der Waals surface area contributed by atoms with E-state index in [1.807, 2.05) is 0 Å². The van der Waals surface area contributed by atoms with Gasteiger partial charge in [-0.05, 0) is 31.0 Å². The molecule has 0 saturated carbocycles. The zero-order valence-electron chi connectivity index (χ0n) is 9.68. The van der Waals surface area contributed by atoms with Crippen molar-refractivity contribution >= 4 is 21.9 Å². The second kappa shape index (κ2) is 6.22. The Morgan fingerprint density at radius 1 is 1.39 bits per heavy atom. The Bertz CT molecular complexity index is 430. The first-order chi connectivity index (χ1) is 8.34. The third kappa shape index (κ3) is 4.33. The van der Waals surface area contributed by atoms with E-state index < -0.39 is 17.7 Å². The van der Waals surface area contributed by atoms with Crippen LogP contribution in [0.3, 0.4) is 0 Å². The SMILES string of the molecule is CCOC(=O)CCc1ccc(Br)cc1C(F)(F)F. The van der Waals surface area contributed by atoms with Gasteiger partial charge in [0.2, 0.25) is 0 Å². The summed E-state index contributed by atoms with van der Waals surface area (Å²) >= 11 is 3.00. The van der Waals surface area contributed by atoms with Crippen molar-refractivity contribution in [3.05, 3.63) is 33.8 Å². The van der Waals surface area contributed by atoms with Gasteiger partial charge in [-0.2, -0.15) is 13.2 Å². The summed E-state index contributed by atoms with van der Waals surface area (Å²) in [6, 6.07) is 3.91. The van der Waals surface area contributed by atoms with Crippen LogP contribution in [0.1, 0.15) is 24.5 Å². The van der Waals surface area contributed by atoms with Crippen LogP contribution in [0.15, 0.2) is 22.7 Å². The lowest BCUT2D eigenvalue weighted by Gasteiger charge is -2.13. The average molecular weight is 325 g/mol. The quantitative estimate of drug-likeness (QED) is 0.783. The van der Waals surface area contributed by atoms with E-state index in [0.717, 1.165) is 6.07 Å². The standard InChI is InChI=1S/C12H12BrF3O2/c1-2-18-11(17)6-4-8-3-5-9(13)7-10(8)12(14,15)16/h3,5,7H,2,4,6H2,1H3. The van der Waals surface area contributed by atoms with Crippen LogP contribution in [-0.4, -0.2) is 12.6 Å². The minimum atomic E-state index is -4.42. The Labute approximate surface area is 111 Å². The fourth-order valence-corrected chi connectivity index (χ4v) is 1.86. The molecule has 0 aliphatic heterocycles. The number of carbonyl (C=O) groups excluding carboxylic acids is 1. The summed E-state index contributed by atoms with van der Waals surface area (Å²) in [5, 5.41) is 0. The number of ether oxygens (including phenoxy) is 1. The third-order valence-electron chi connectivity index (χ3n) is 2.28. The molecule has 0 bridgehead atoms. The largest absolute Gasteiger partial charge is 0.466 e. The van der Waals surface area contributed by atoms with Crippen LogP contribution in [0.4, 0.5) is 13.2 Å². The molecule has 0 aliphatic rings. The van der Waals surface area contributed by atoms with Crippen molar-refractivity contribution in [2.24, 2.45) is 0 Å². The first-order valence-electron chi connectivity index (χ1n) is 5.36. The molecule has 0 aliphatic carbocycles. The van der Waals surface area contributed by atoms with Crippen molar-refractivity contribution in [2.75, 3.05) is 6.61 Å². The number of alkyl halides is 3. The molecule has 0 spiro atoms. The first-order valence-corrected chi connectivity index (χ1v) is 6.15. The minimum absolute atomic E-state index is 0.0148. The second-order valence-corrected chi connectivity index (χ2v) is 4.52. The normalized spacial score (nSPS) is 11.4. The molecule has 1 aromatic rings. The molecule has 0 heterocycles. The van der Waals surface area contributed by atoms with E-state index in [1.165, 1.54) is 12.1 Å². The van der Waals surface area contributed by atoms with E-state index in [2.05, 4.69) is 20.7 Å². The molecular formula is C12H12BrF3O2. The topological polar surface area (TPSA) is 26.3 Å². The number of aryl methyl sites for hydroxylation is 1. The zero-order valence-corrected chi connectivity index (χ0v) is 11.3. The summed E-state index contributed by atoms with van der Waals surface area (Å²) < 4.78 is 43.3. The summed E-state index contributed by atoms with van der Waals surface area (Å²) in [5.74, 6) is -0.492. The molecule has 0 fully saturated rings. The molecule has 100 valence electrons. The molecule has 1 aromatic carbocycles. The number of benzene rings is 1. The predicted octanol–water partition coefficient (Wildman–Crippen LogP) is 3.96. The molecule has 0 atom stereocenters. The third-order valence-corrected chi connectivity index (χ3v) is 2.77. The van der Waals surface area contributed by atoms with Crippen LogP contribution in [0.25, 0.3) is 0 Å². The Kier molecular flexibility index (Phi) is 5.19. The summed E-state index contributed by atoms with van der Waals surface area (Å²) in [7, 11) is 0. The van der Waals surface area contributed by atoms with Gasteiger partial charge in [-0.3, -0.25) is 4.79 Å². The van der Waals surface area contributed by atoms with Crippen molar-refractivity contribution in [1.29, 1.82) is 0 Å². The van der Waals surface area contributed by atoms with Gasteiger partial charge in [0.25, 0.3) is 0 Å². The summed E-state index contributed by atoms with van der Waals surface area (Å²) in [5.41, 5.74) is -0.625. The minimum Gasteiger partial charge on any atom is -0.466 e. The molecule has 1 rings (SSSR count). The van der Waals surface area contributed by atoms with Gasteiger partial charge in [0.05, 0.1) is 12.2 Å². The Morgan fingerprint density at radius 2 is 2.06 bits per heavy atom. The van der Waals surface area contributed by atoms with E-state index in [0.29, 0.717) is 4.47 Å². The number of esters is 1. The Hall–Kier alpha value is -1.04. The number of hydrogen-bond donors (Lipinski definition) is 0. The van der Waals surface area contributed by atoms with E-state index >= 15 is 0 Å². The van der Waals surface area contributed by atoms with Crippen LogP contribution in [0.5, 0.6) is 0 Å². The van der Waals surface area contributed by atoms with E-state index in [1.54, 1.807) is 6.92 Å². The van der Waals surface area contributed by atoms with Gasteiger partial charge in [-0.15, -0.1) is 0 Å². The summed E-state index contributed by atoms with van der Waals surface area (Å²) in [6.45, 7) is 1.88. The van der Waals surface area contributed by atoms with Gasteiger partial charge in [0, 0.05) is 10.9 Å². The molecule has 0 unspecified atom stereocenters. The highest BCUT2D eigenvalue weighted by Gasteiger charge is 2.33. The Balaban J connectivity index is 2.85. The number of carbonyl (C=O) groups is 1. The van der Waals surface area contributed by atoms with E-state index in [9.17, 15) is 18.0 Å². The van der Waals surface area contributed by atoms with Crippen LogP contribution in [-0.2, 0) is 22.1 Å². The predicted molar refractivity (Wildman–Crippen MR) is 64.1 cm³/mol. The van der Waals surface area contributed by atoms with Gasteiger partial charge in [0.15, 0.2) is 0 Å². The highest BCUT2D eigenvalue weighted by molar-refractivity contribution is 9.10. The summed E-state index contributed by atoms with van der Waals surface area (Å²) in [6.07, 6.45) is -4.46. The van der Waals surface area contributed by atoms with Crippen LogP contribution >= 0.6 is 15.9 Å². The van der Waals surface area contributed by atoms with E-state index in [-0.39, 0.29) is 25.0 Å².